The average molecular weight is 641 g/mol. The number of halogens is 2. The first-order valence-electron chi connectivity index (χ1n) is 13.2. The van der Waals surface area contributed by atoms with Gasteiger partial charge in [-0.3, -0.25) is 14.4 Å². The second-order valence-corrected chi connectivity index (χ2v) is 12.2. The molecule has 3 aromatic rings. The summed E-state index contributed by atoms with van der Waals surface area (Å²) in [7, 11) is -4.76. The second-order valence-electron chi connectivity index (χ2n) is 9.97. The van der Waals surface area contributed by atoms with Gasteiger partial charge in [0.15, 0.2) is 0 Å². The molecule has 1 atom stereocenters. The van der Waals surface area contributed by atoms with Gasteiger partial charge < -0.3 is 15.3 Å². The SMILES string of the molecule is CCCC(N)N(N)c1ccc(/C=C\c2ccc(-c3c4cc(Cl)c(=O)cc-4oc4cc(O)c(Cl)cc34)c(S(=O)(=O)O)c2)cc1. The first-order chi connectivity index (χ1) is 20.4. The molecule has 5 rings (SSSR count). The number of anilines is 1. The molecule has 6 N–H and O–H groups in total. The number of phenolic OH excluding ortho intramolecular Hbond substituents is 1. The Morgan fingerprint density at radius 3 is 2.30 bits per heavy atom. The molecule has 0 radical (unpaired) electrons. The maximum absolute atomic E-state index is 12.7. The van der Waals surface area contributed by atoms with Gasteiger partial charge in [0, 0.05) is 34.2 Å². The van der Waals surface area contributed by atoms with Crippen LogP contribution in [0.2, 0.25) is 10.0 Å². The van der Waals surface area contributed by atoms with Gasteiger partial charge in [-0.15, -0.1) is 0 Å². The van der Waals surface area contributed by atoms with E-state index < -0.39 is 20.4 Å². The minimum Gasteiger partial charge on any atom is -0.506 e. The van der Waals surface area contributed by atoms with E-state index in [4.69, 9.17) is 39.2 Å². The van der Waals surface area contributed by atoms with E-state index in [1.807, 2.05) is 31.2 Å². The van der Waals surface area contributed by atoms with Crippen LogP contribution >= 0.6 is 23.2 Å². The molecule has 0 fully saturated rings. The van der Waals surface area contributed by atoms with Crippen LogP contribution in [0, 0.1) is 0 Å². The van der Waals surface area contributed by atoms with Crippen LogP contribution in [-0.4, -0.2) is 24.2 Å². The molecule has 1 unspecified atom stereocenters. The smallest absolute Gasteiger partial charge is 0.295 e. The molecule has 0 saturated carbocycles. The molecule has 43 heavy (non-hydrogen) atoms. The van der Waals surface area contributed by atoms with Gasteiger partial charge in [0.25, 0.3) is 10.1 Å². The number of nitrogens with two attached hydrogens (primary N) is 2. The summed E-state index contributed by atoms with van der Waals surface area (Å²) < 4.78 is 41.6. The first kappa shape index (κ1) is 30.6. The zero-order chi connectivity index (χ0) is 31.1. The number of hydrogen-bond donors (Lipinski definition) is 4. The highest BCUT2D eigenvalue weighted by atomic mass is 35.5. The molecular weight excluding hydrogens is 613 g/mol. The fourth-order valence-corrected chi connectivity index (χ4v) is 5.89. The summed E-state index contributed by atoms with van der Waals surface area (Å²) >= 11 is 12.4. The van der Waals surface area contributed by atoms with Crippen LogP contribution in [0.4, 0.5) is 5.69 Å². The number of rotatable bonds is 8. The maximum atomic E-state index is 12.7. The molecule has 0 bridgehead atoms. The van der Waals surface area contributed by atoms with Crippen molar-refractivity contribution in [2.75, 3.05) is 5.01 Å². The lowest BCUT2D eigenvalue weighted by Crippen LogP contribution is -2.47. The van der Waals surface area contributed by atoms with Crippen molar-refractivity contribution in [1.82, 2.24) is 0 Å². The van der Waals surface area contributed by atoms with Crippen LogP contribution in [0.3, 0.4) is 0 Å². The summed E-state index contributed by atoms with van der Waals surface area (Å²) in [5.41, 5.74) is 8.47. The summed E-state index contributed by atoms with van der Waals surface area (Å²) in [5.74, 6) is 5.95. The summed E-state index contributed by atoms with van der Waals surface area (Å²) in [6.45, 7) is 2.03. The first-order valence-corrected chi connectivity index (χ1v) is 15.3. The van der Waals surface area contributed by atoms with Gasteiger partial charge in [0.2, 0.25) is 5.43 Å². The van der Waals surface area contributed by atoms with Crippen LogP contribution < -0.4 is 22.0 Å². The average Bonchev–Trinajstić information content (AvgIpc) is 2.96. The second kappa shape index (κ2) is 12.0. The Bertz CT molecular complexity index is 2010. The van der Waals surface area contributed by atoms with Gasteiger partial charge in [0.1, 0.15) is 22.0 Å². The predicted octanol–water partition coefficient (Wildman–Crippen LogP) is 6.76. The molecule has 0 aromatic heterocycles. The highest BCUT2D eigenvalue weighted by Gasteiger charge is 2.25. The van der Waals surface area contributed by atoms with E-state index in [2.05, 4.69) is 0 Å². The molecular formula is C31H27Cl2N3O6S. The van der Waals surface area contributed by atoms with Crippen LogP contribution in [0.5, 0.6) is 5.75 Å². The maximum Gasteiger partial charge on any atom is 0.295 e. The number of aromatic hydroxyl groups is 1. The normalized spacial score (nSPS) is 12.8. The van der Waals surface area contributed by atoms with E-state index in [0.717, 1.165) is 24.1 Å². The molecule has 1 heterocycles. The van der Waals surface area contributed by atoms with Gasteiger partial charge in [-0.2, -0.15) is 8.42 Å². The summed E-state index contributed by atoms with van der Waals surface area (Å²) in [4.78, 5) is 11.9. The van der Waals surface area contributed by atoms with Gasteiger partial charge in [-0.05, 0) is 47.9 Å². The Balaban J connectivity index is 1.62. The zero-order valence-electron chi connectivity index (χ0n) is 22.8. The fourth-order valence-electron chi connectivity index (χ4n) is 4.83. The van der Waals surface area contributed by atoms with Crippen molar-refractivity contribution in [1.29, 1.82) is 0 Å². The molecule has 1 aliphatic heterocycles. The van der Waals surface area contributed by atoms with E-state index in [0.29, 0.717) is 16.5 Å². The van der Waals surface area contributed by atoms with Crippen molar-refractivity contribution in [3.05, 3.63) is 98.1 Å². The fraction of sp³-hybridized carbons (Fsp3) is 0.129. The van der Waals surface area contributed by atoms with Gasteiger partial charge >= 0.3 is 0 Å². The van der Waals surface area contributed by atoms with Gasteiger partial charge in [0.05, 0.1) is 21.9 Å². The molecule has 0 saturated heterocycles. The van der Waals surface area contributed by atoms with Crippen LogP contribution in [0.1, 0.15) is 30.9 Å². The lowest BCUT2D eigenvalue weighted by Gasteiger charge is -2.25. The predicted molar refractivity (Wildman–Crippen MR) is 171 cm³/mol. The van der Waals surface area contributed by atoms with Crippen molar-refractivity contribution in [2.45, 2.75) is 30.8 Å². The van der Waals surface area contributed by atoms with E-state index in [-0.39, 0.29) is 44.4 Å². The quantitative estimate of drug-likeness (QED) is 0.0359. The lowest BCUT2D eigenvalue weighted by molar-refractivity contribution is 0.474. The molecule has 12 heteroatoms. The van der Waals surface area contributed by atoms with Gasteiger partial charge in [-0.25, -0.2) is 5.84 Å². The molecule has 1 aliphatic carbocycles. The highest BCUT2D eigenvalue weighted by molar-refractivity contribution is 7.86. The Kier molecular flexibility index (Phi) is 8.53. The van der Waals surface area contributed by atoms with Crippen molar-refractivity contribution in [3.63, 3.8) is 0 Å². The minimum absolute atomic E-state index is 0.0149. The third kappa shape index (κ3) is 6.25. The van der Waals surface area contributed by atoms with Crippen LogP contribution in [0.15, 0.2) is 80.8 Å². The van der Waals surface area contributed by atoms with Crippen LogP contribution in [-0.2, 0) is 10.1 Å². The largest absolute Gasteiger partial charge is 0.506 e. The molecule has 2 aliphatic rings. The highest BCUT2D eigenvalue weighted by Crippen LogP contribution is 2.45. The number of hydrogen-bond acceptors (Lipinski definition) is 8. The summed E-state index contributed by atoms with van der Waals surface area (Å²) in [6.07, 6.45) is 4.82. The topological polar surface area (TPSA) is 160 Å². The Morgan fingerprint density at radius 1 is 0.953 bits per heavy atom. The third-order valence-electron chi connectivity index (χ3n) is 7.00. The Hall–Kier alpha value is -3.90. The lowest BCUT2D eigenvalue weighted by atomic mass is 9.93. The molecule has 3 aromatic carbocycles. The Morgan fingerprint density at radius 2 is 1.63 bits per heavy atom. The number of nitrogens with zero attached hydrogens (tertiary/aromatic N) is 1. The van der Waals surface area contributed by atoms with Crippen LogP contribution in [0.25, 0.3) is 45.6 Å². The van der Waals surface area contributed by atoms with Crippen molar-refractivity contribution < 1.29 is 22.5 Å². The number of hydrazine groups is 1. The molecule has 0 amide bonds. The van der Waals surface area contributed by atoms with Gasteiger partial charge in [-0.1, -0.05) is 73.0 Å². The summed E-state index contributed by atoms with van der Waals surface area (Å²) in [6, 6.07) is 17.1. The minimum atomic E-state index is -4.76. The molecule has 222 valence electrons. The molecule has 0 spiro atoms. The third-order valence-corrected chi connectivity index (χ3v) is 8.49. The monoisotopic (exact) mass is 639 g/mol. The zero-order valence-corrected chi connectivity index (χ0v) is 25.1. The van der Waals surface area contributed by atoms with E-state index in [9.17, 15) is 22.9 Å². The molecule has 9 nitrogen and oxygen atoms in total. The number of benzene rings is 4. The Labute approximate surface area is 257 Å². The number of phenols is 1. The van der Waals surface area contributed by atoms with Crippen molar-refractivity contribution in [2.24, 2.45) is 11.6 Å². The number of fused-ring (bicyclic) bond motifs is 2. The van der Waals surface area contributed by atoms with E-state index in [1.165, 1.54) is 41.4 Å². The van der Waals surface area contributed by atoms with E-state index >= 15 is 0 Å². The summed E-state index contributed by atoms with van der Waals surface area (Å²) in [5, 5.41) is 11.9. The standard InChI is InChI=1S/C31H27Cl2N3O6S/c1-2-3-30(34)36(35)19-9-6-17(7-10-19)4-5-18-8-11-20(29(12-18)43(39,40)41)31-21-13-23(32)25(37)15-27(21)42-28-16-26(38)24(33)14-22(28)31/h4-16,30,37H,2-3,34-35H2,1H3,(H,39,40,41)/b5-4-. The van der Waals surface area contributed by atoms with Crippen molar-refractivity contribution >= 4 is 62.1 Å². The van der Waals surface area contributed by atoms with Crippen molar-refractivity contribution in [3.8, 4) is 28.2 Å². The van der Waals surface area contributed by atoms with E-state index in [1.54, 1.807) is 18.2 Å².